The number of hydrogen-bond acceptors (Lipinski definition) is 5. The number of carbonyl (C=O) groups excluding carboxylic acids is 2. The average Bonchev–Trinajstić information content (AvgIpc) is 2.85. The Morgan fingerprint density at radius 1 is 1.16 bits per heavy atom. The van der Waals surface area contributed by atoms with Gasteiger partial charge in [-0.1, -0.05) is 24.3 Å². The van der Waals surface area contributed by atoms with E-state index in [4.69, 9.17) is 9.84 Å². The van der Waals surface area contributed by atoms with E-state index in [1.807, 2.05) is 24.3 Å². The van der Waals surface area contributed by atoms with Gasteiger partial charge in [-0.15, -0.1) is 0 Å². The van der Waals surface area contributed by atoms with Gasteiger partial charge in [0.2, 0.25) is 5.91 Å². The number of nitrogens with zero attached hydrogens (tertiary/aromatic N) is 2. The predicted octanol–water partition coefficient (Wildman–Crippen LogP) is 0.746. The number of rotatable bonds is 5. The van der Waals surface area contributed by atoms with Gasteiger partial charge in [-0.2, -0.15) is 0 Å². The van der Waals surface area contributed by atoms with Gasteiger partial charge in [0.15, 0.2) is 0 Å². The van der Waals surface area contributed by atoms with Crippen LogP contribution in [0.3, 0.4) is 0 Å². The van der Waals surface area contributed by atoms with Crippen LogP contribution in [0, 0.1) is 0 Å². The maximum absolute atomic E-state index is 12.1. The summed E-state index contributed by atoms with van der Waals surface area (Å²) in [5, 5.41) is 8.77. The molecular formula is C18H20N2O5. The molecule has 0 atom stereocenters. The molecule has 2 fully saturated rings. The van der Waals surface area contributed by atoms with Crippen LogP contribution in [0.15, 0.2) is 29.8 Å². The Kier molecular flexibility index (Phi) is 5.25. The van der Waals surface area contributed by atoms with Crippen LogP contribution < -0.4 is 0 Å². The second-order valence-electron chi connectivity index (χ2n) is 6.16. The minimum atomic E-state index is -1.20. The molecule has 0 unspecified atom stereocenters. The van der Waals surface area contributed by atoms with E-state index in [1.54, 1.807) is 6.08 Å². The zero-order chi connectivity index (χ0) is 17.8. The van der Waals surface area contributed by atoms with E-state index < -0.39 is 24.3 Å². The van der Waals surface area contributed by atoms with E-state index in [0.717, 1.165) is 43.3 Å². The van der Waals surface area contributed by atoms with Crippen molar-refractivity contribution in [2.75, 3.05) is 32.8 Å². The highest BCUT2D eigenvalue weighted by Gasteiger charge is 2.34. The third-order valence-electron chi connectivity index (χ3n) is 4.29. The largest absolute Gasteiger partial charge is 0.480 e. The number of amides is 2. The van der Waals surface area contributed by atoms with Crippen LogP contribution in [0.25, 0.3) is 6.08 Å². The lowest BCUT2D eigenvalue weighted by Gasteiger charge is -2.26. The van der Waals surface area contributed by atoms with Gasteiger partial charge in [-0.05, 0) is 17.2 Å². The van der Waals surface area contributed by atoms with Crippen molar-refractivity contribution < 1.29 is 24.2 Å². The van der Waals surface area contributed by atoms with E-state index in [-0.39, 0.29) is 6.42 Å². The number of carboxylic acid groups (broad SMARTS) is 1. The first-order valence-electron chi connectivity index (χ1n) is 8.19. The lowest BCUT2D eigenvalue weighted by Crippen LogP contribution is -2.35. The first-order chi connectivity index (χ1) is 12.0. The molecule has 0 saturated carbocycles. The number of morpholine rings is 1. The van der Waals surface area contributed by atoms with E-state index in [2.05, 4.69) is 4.90 Å². The number of likely N-dealkylation sites (tertiary alicyclic amines) is 1. The van der Waals surface area contributed by atoms with Crippen LogP contribution in [0.1, 0.15) is 17.5 Å². The number of aliphatic carboxylic acids is 1. The maximum Gasteiger partial charge on any atom is 0.323 e. The van der Waals surface area contributed by atoms with Crippen LogP contribution >= 0.6 is 0 Å². The molecule has 2 heterocycles. The van der Waals surface area contributed by atoms with Gasteiger partial charge in [-0.25, -0.2) is 0 Å². The van der Waals surface area contributed by atoms with Crippen molar-refractivity contribution >= 4 is 23.9 Å². The molecule has 0 radical (unpaired) electrons. The molecule has 2 aliphatic rings. The number of carboxylic acids is 1. The second kappa shape index (κ2) is 7.58. The number of carbonyl (C=O) groups is 3. The van der Waals surface area contributed by atoms with E-state index in [0.29, 0.717) is 5.57 Å². The van der Waals surface area contributed by atoms with Crippen molar-refractivity contribution in [3.05, 3.63) is 41.0 Å². The zero-order valence-corrected chi connectivity index (χ0v) is 13.8. The summed E-state index contributed by atoms with van der Waals surface area (Å²) in [4.78, 5) is 37.8. The SMILES string of the molecule is O=C(O)CN1C(=O)C/C(=C\c2ccc(CN3CCOCC3)cc2)C1=O. The Labute approximate surface area is 145 Å². The fourth-order valence-corrected chi connectivity index (χ4v) is 2.97. The summed E-state index contributed by atoms with van der Waals surface area (Å²) in [6.07, 6.45) is 1.60. The monoisotopic (exact) mass is 344 g/mol. The third kappa shape index (κ3) is 4.32. The number of imide groups is 1. The van der Waals surface area contributed by atoms with Crippen LogP contribution in [0.5, 0.6) is 0 Å². The highest BCUT2D eigenvalue weighted by Crippen LogP contribution is 2.21. The standard InChI is InChI=1S/C18H20N2O5/c21-16-10-15(18(24)20(16)12-17(22)23)9-13-1-3-14(4-2-13)11-19-5-7-25-8-6-19/h1-4,9H,5-8,10-12H2,(H,22,23)/b15-9+. The Balaban J connectivity index is 1.66. The van der Waals surface area contributed by atoms with E-state index in [1.165, 1.54) is 5.56 Å². The molecule has 3 rings (SSSR count). The minimum Gasteiger partial charge on any atom is -0.480 e. The van der Waals surface area contributed by atoms with Crippen molar-refractivity contribution in [3.8, 4) is 0 Å². The molecule has 1 aromatic carbocycles. The first kappa shape index (κ1) is 17.3. The molecule has 1 aromatic rings. The summed E-state index contributed by atoms with van der Waals surface area (Å²) in [5.41, 5.74) is 2.32. The maximum atomic E-state index is 12.1. The van der Waals surface area contributed by atoms with Crippen molar-refractivity contribution in [2.45, 2.75) is 13.0 Å². The minimum absolute atomic E-state index is 0.0539. The molecule has 0 aliphatic carbocycles. The Bertz CT molecular complexity index is 705. The van der Waals surface area contributed by atoms with Crippen LogP contribution in [-0.4, -0.2) is 65.5 Å². The number of ether oxygens (including phenoxy) is 1. The van der Waals surface area contributed by atoms with Gasteiger partial charge >= 0.3 is 5.97 Å². The summed E-state index contributed by atoms with van der Waals surface area (Å²) >= 11 is 0. The quantitative estimate of drug-likeness (QED) is 0.626. The topological polar surface area (TPSA) is 87.2 Å². The molecule has 2 aliphatic heterocycles. The average molecular weight is 344 g/mol. The molecule has 0 aromatic heterocycles. The molecule has 2 amide bonds. The fourth-order valence-electron chi connectivity index (χ4n) is 2.97. The van der Waals surface area contributed by atoms with Gasteiger partial charge in [0.25, 0.3) is 5.91 Å². The molecule has 2 saturated heterocycles. The molecule has 0 bridgehead atoms. The normalized spacial score (nSPS) is 20.5. The highest BCUT2D eigenvalue weighted by atomic mass is 16.5. The van der Waals surface area contributed by atoms with Crippen molar-refractivity contribution in [1.29, 1.82) is 0 Å². The van der Waals surface area contributed by atoms with E-state index in [9.17, 15) is 14.4 Å². The lowest BCUT2D eigenvalue weighted by molar-refractivity contribution is -0.148. The van der Waals surface area contributed by atoms with Gasteiger partial charge in [0.05, 0.1) is 19.6 Å². The van der Waals surface area contributed by atoms with Gasteiger partial charge in [0.1, 0.15) is 6.54 Å². The number of hydrogen-bond donors (Lipinski definition) is 1. The summed E-state index contributed by atoms with van der Waals surface area (Å²) in [6, 6.07) is 7.80. The van der Waals surface area contributed by atoms with Gasteiger partial charge in [0, 0.05) is 25.2 Å². The Morgan fingerprint density at radius 2 is 1.84 bits per heavy atom. The molecular weight excluding hydrogens is 324 g/mol. The van der Waals surface area contributed by atoms with Crippen LogP contribution in [0.2, 0.25) is 0 Å². The van der Waals surface area contributed by atoms with Gasteiger partial charge in [-0.3, -0.25) is 24.2 Å². The molecule has 1 N–H and O–H groups in total. The molecule has 7 nitrogen and oxygen atoms in total. The first-order valence-corrected chi connectivity index (χ1v) is 8.19. The van der Waals surface area contributed by atoms with Crippen molar-refractivity contribution in [2.24, 2.45) is 0 Å². The summed E-state index contributed by atoms with van der Waals surface area (Å²) in [7, 11) is 0. The smallest absolute Gasteiger partial charge is 0.323 e. The Hall–Kier alpha value is -2.51. The summed E-state index contributed by atoms with van der Waals surface area (Å²) in [6.45, 7) is 3.61. The second-order valence-corrected chi connectivity index (χ2v) is 6.16. The predicted molar refractivity (Wildman–Crippen MR) is 89.5 cm³/mol. The van der Waals surface area contributed by atoms with Crippen molar-refractivity contribution in [1.82, 2.24) is 9.80 Å². The number of benzene rings is 1. The zero-order valence-electron chi connectivity index (χ0n) is 13.8. The third-order valence-corrected chi connectivity index (χ3v) is 4.29. The van der Waals surface area contributed by atoms with Crippen LogP contribution in [-0.2, 0) is 25.7 Å². The molecule has 7 heteroatoms. The fraction of sp³-hybridized carbons (Fsp3) is 0.389. The molecule has 25 heavy (non-hydrogen) atoms. The highest BCUT2D eigenvalue weighted by molar-refractivity contribution is 6.16. The van der Waals surface area contributed by atoms with Crippen molar-refractivity contribution in [3.63, 3.8) is 0 Å². The molecule has 0 spiro atoms. The Morgan fingerprint density at radius 3 is 2.48 bits per heavy atom. The van der Waals surface area contributed by atoms with E-state index >= 15 is 0 Å². The molecule has 132 valence electrons. The van der Waals surface area contributed by atoms with Gasteiger partial charge < -0.3 is 9.84 Å². The van der Waals surface area contributed by atoms with Crippen LogP contribution in [0.4, 0.5) is 0 Å². The summed E-state index contributed by atoms with van der Waals surface area (Å²) < 4.78 is 5.33. The lowest BCUT2D eigenvalue weighted by atomic mass is 10.1. The summed E-state index contributed by atoms with van der Waals surface area (Å²) in [5.74, 6) is -2.19.